The van der Waals surface area contributed by atoms with Crippen molar-refractivity contribution in [3.63, 3.8) is 0 Å². The van der Waals surface area contributed by atoms with Crippen molar-refractivity contribution in [2.24, 2.45) is 5.92 Å². The summed E-state index contributed by atoms with van der Waals surface area (Å²) >= 11 is 9.46. The van der Waals surface area contributed by atoms with E-state index in [0.29, 0.717) is 0 Å². The average molecular weight is 705 g/mol. The van der Waals surface area contributed by atoms with E-state index < -0.39 is 81.2 Å². The predicted octanol–water partition coefficient (Wildman–Crippen LogP) is -0.0124. The maximum absolute atomic E-state index is 13.5. The Morgan fingerprint density at radius 1 is 1.00 bits per heavy atom. The number of hydrogen-bond acceptors (Lipinski definition) is 17. The number of nitrogens with zero attached hydrogens (tertiary/aromatic N) is 7. The summed E-state index contributed by atoms with van der Waals surface area (Å²) in [6, 6.07) is 0. The van der Waals surface area contributed by atoms with Crippen LogP contribution in [0.4, 0.5) is 11.8 Å². The molecule has 0 bridgehead atoms. The fourth-order valence-electron chi connectivity index (χ4n) is 5.60. The van der Waals surface area contributed by atoms with Crippen molar-refractivity contribution in [2.75, 3.05) is 24.7 Å². The van der Waals surface area contributed by atoms with Crippen molar-refractivity contribution in [3.8, 4) is 0 Å². The Hall–Kier alpha value is -2.59. The van der Waals surface area contributed by atoms with Crippen LogP contribution in [-0.2, 0) is 43.9 Å². The van der Waals surface area contributed by atoms with Crippen molar-refractivity contribution in [1.82, 2.24) is 39.0 Å². The Morgan fingerprint density at radius 2 is 1.67 bits per heavy atom. The van der Waals surface area contributed by atoms with E-state index in [9.17, 15) is 19.4 Å². The number of nitrogens with two attached hydrogens (primary N) is 2. The first kappa shape index (κ1) is 31.0. The number of anilines is 2. The monoisotopic (exact) mass is 704 g/mol. The summed E-state index contributed by atoms with van der Waals surface area (Å²) in [5, 5.41) is 11.3. The number of H-pyrrole nitrogens is 1. The predicted molar refractivity (Wildman–Crippen MR) is 160 cm³/mol. The number of nitrogen functional groups attached to an aromatic ring is 2. The van der Waals surface area contributed by atoms with E-state index in [1.54, 1.807) is 6.92 Å². The minimum atomic E-state index is -4.22. The number of rotatable bonds is 2. The van der Waals surface area contributed by atoms with Crippen LogP contribution in [0.15, 0.2) is 23.8 Å². The molecule has 0 saturated carbocycles. The van der Waals surface area contributed by atoms with Gasteiger partial charge in [-0.3, -0.25) is 28.0 Å². The second-order valence-corrected chi connectivity index (χ2v) is 16.2. The molecule has 3 aliphatic rings. The Morgan fingerprint density at radius 3 is 2.44 bits per heavy atom. The first-order chi connectivity index (χ1) is 21.3. The molecule has 0 spiro atoms. The maximum Gasteiger partial charge on any atom is 0.386 e. The number of ether oxygens (including phenoxy) is 2. The molecule has 45 heavy (non-hydrogen) atoms. The Kier molecular flexibility index (Phi) is 7.78. The number of aliphatic hydroxyl groups is 1. The van der Waals surface area contributed by atoms with Crippen LogP contribution >= 0.6 is 25.8 Å². The number of fused-ring (bicyclic) bond motifs is 4. The second-order valence-electron chi connectivity index (χ2n) is 10.5. The number of nitrogens with one attached hydrogen (secondary N) is 1. The largest absolute Gasteiger partial charge is 0.386 e. The summed E-state index contributed by atoms with van der Waals surface area (Å²) < 4.78 is 51.5. The SMILES string of the molecule is C[C@@H]1[C@@H]2OP(O)(=S)OC[C@H]3O[C@@H](n4cnc5c(N)ncnc54)[C@H](O)[C@@H]3OP(=O)(S)OC[C@H]2O[C@H]1n1cnc2c(=O)[nH]c(N)nc21. The highest BCUT2D eigenvalue weighted by Gasteiger charge is 2.52. The molecule has 4 aromatic rings. The molecule has 7 heterocycles. The van der Waals surface area contributed by atoms with Gasteiger partial charge in [-0.2, -0.15) is 4.98 Å². The van der Waals surface area contributed by atoms with Crippen LogP contribution in [-0.4, -0.2) is 92.8 Å². The molecule has 242 valence electrons. The van der Waals surface area contributed by atoms with Crippen LogP contribution in [0.5, 0.6) is 0 Å². The maximum atomic E-state index is 13.5. The van der Waals surface area contributed by atoms with Gasteiger partial charge >= 0.3 is 13.5 Å². The highest BCUT2D eigenvalue weighted by atomic mass is 32.7. The van der Waals surface area contributed by atoms with E-state index in [1.807, 2.05) is 0 Å². The topological polar surface area (TPSA) is 272 Å². The van der Waals surface area contributed by atoms with Crippen LogP contribution < -0.4 is 17.0 Å². The molecular weight excluding hydrogens is 678 g/mol. The number of aliphatic hydroxyl groups excluding tert-OH is 1. The molecule has 0 radical (unpaired) electrons. The molecule has 4 aromatic heterocycles. The lowest BCUT2D eigenvalue weighted by Gasteiger charge is -2.30. The quantitative estimate of drug-likeness (QED) is 0.118. The minimum absolute atomic E-state index is 0.0231. The van der Waals surface area contributed by atoms with E-state index in [-0.39, 0.29) is 34.1 Å². The van der Waals surface area contributed by atoms with Gasteiger partial charge in [0.2, 0.25) is 5.95 Å². The Labute approximate surface area is 262 Å². The Balaban J connectivity index is 1.17. The van der Waals surface area contributed by atoms with Gasteiger partial charge in [-0.05, 0) is 11.8 Å². The summed E-state index contributed by atoms with van der Waals surface area (Å²) in [5.41, 5.74) is 11.8. The standard InChI is InChI=1S/C21H26N10O10P2S2/c1-7-13-8(38-19(7)31-6-27-11-17(31)28-21(23)29-18(11)33)2-36-43(35,45)41-14-9(3-37-42(34,44)40-13)39-20(12(14)32)30-5-26-10-15(22)24-4-25-16(10)30/h4-9,12-14,19-20,32H,2-3H2,1H3,(H,34,44)(H,35,45)(H2,22,24,25)(H3,23,28,29,33)/t7-,8-,9-,12-,13+,14-,19-,20-,42?,43?/m1/s1. The number of imidazole rings is 2. The van der Waals surface area contributed by atoms with Crippen LogP contribution in [0, 0.1) is 5.92 Å². The van der Waals surface area contributed by atoms with Crippen LogP contribution in [0.25, 0.3) is 22.3 Å². The van der Waals surface area contributed by atoms with Crippen LogP contribution in [0.3, 0.4) is 0 Å². The second kappa shape index (κ2) is 11.3. The van der Waals surface area contributed by atoms with Gasteiger partial charge in [0.15, 0.2) is 28.9 Å². The molecule has 3 aliphatic heterocycles. The summed E-state index contributed by atoms with van der Waals surface area (Å²) in [4.78, 5) is 46.3. The Bertz CT molecular complexity index is 1940. The first-order valence-corrected chi connectivity index (χ1v) is 18.6. The molecule has 2 unspecified atom stereocenters. The van der Waals surface area contributed by atoms with E-state index in [0.717, 1.165) is 0 Å². The van der Waals surface area contributed by atoms with Gasteiger partial charge in [-0.15, -0.1) is 0 Å². The summed E-state index contributed by atoms with van der Waals surface area (Å²) in [7, 11) is 0. The van der Waals surface area contributed by atoms with Gasteiger partial charge in [0.05, 0.1) is 25.9 Å². The van der Waals surface area contributed by atoms with Crippen molar-refractivity contribution < 1.29 is 42.1 Å². The van der Waals surface area contributed by atoms with Gasteiger partial charge < -0.3 is 40.0 Å². The van der Waals surface area contributed by atoms with E-state index in [4.69, 9.17) is 50.8 Å². The number of thiol groups is 1. The van der Waals surface area contributed by atoms with Crippen molar-refractivity contribution in [3.05, 3.63) is 29.3 Å². The van der Waals surface area contributed by atoms with E-state index >= 15 is 0 Å². The van der Waals surface area contributed by atoms with Crippen molar-refractivity contribution >= 4 is 71.7 Å². The minimum Gasteiger partial charge on any atom is -0.386 e. The third kappa shape index (κ3) is 5.57. The smallest absolute Gasteiger partial charge is 0.386 e. The lowest BCUT2D eigenvalue weighted by Crippen LogP contribution is -2.37. The number of aromatic amines is 1. The fraction of sp³-hybridized carbons (Fsp3) is 0.524. The van der Waals surface area contributed by atoms with Crippen LogP contribution in [0.2, 0.25) is 0 Å². The summed E-state index contributed by atoms with van der Waals surface area (Å²) in [6.07, 6.45) is -4.06. The zero-order chi connectivity index (χ0) is 31.8. The zero-order valence-electron chi connectivity index (χ0n) is 23.0. The number of aromatic nitrogens is 8. The summed E-state index contributed by atoms with van der Waals surface area (Å²) in [6.45, 7) is -7.36. The third-order valence-corrected chi connectivity index (χ3v) is 10.8. The van der Waals surface area contributed by atoms with Gasteiger partial charge in [-0.1, -0.05) is 19.2 Å². The van der Waals surface area contributed by atoms with Crippen LogP contribution in [0.1, 0.15) is 19.4 Å². The van der Waals surface area contributed by atoms with Gasteiger partial charge in [0.25, 0.3) is 5.56 Å². The zero-order valence-corrected chi connectivity index (χ0v) is 26.5. The molecule has 24 heteroatoms. The van der Waals surface area contributed by atoms with Gasteiger partial charge in [0.1, 0.15) is 48.6 Å². The molecule has 10 atom stereocenters. The van der Waals surface area contributed by atoms with E-state index in [1.165, 1.54) is 28.1 Å². The third-order valence-electron chi connectivity index (χ3n) is 7.66. The normalized spacial score (nSPS) is 37.7. The van der Waals surface area contributed by atoms with Crippen molar-refractivity contribution in [1.29, 1.82) is 0 Å². The molecule has 7 rings (SSSR count). The molecule has 7 N–H and O–H groups in total. The molecule has 0 aliphatic carbocycles. The first-order valence-electron chi connectivity index (χ1n) is 13.3. The molecular formula is C21H26N10O10P2S2. The average Bonchev–Trinajstić information content (AvgIpc) is 3.72. The fourth-order valence-corrected chi connectivity index (χ4v) is 8.60. The van der Waals surface area contributed by atoms with E-state index in [2.05, 4.69) is 42.2 Å². The lowest BCUT2D eigenvalue weighted by atomic mass is 10.0. The highest BCUT2D eigenvalue weighted by molar-refractivity contribution is 8.44. The molecule has 0 aromatic carbocycles. The lowest BCUT2D eigenvalue weighted by molar-refractivity contribution is -0.0573. The molecule has 3 fully saturated rings. The van der Waals surface area contributed by atoms with Gasteiger partial charge in [0, 0.05) is 5.92 Å². The number of hydrogen-bond donors (Lipinski definition) is 6. The highest BCUT2D eigenvalue weighted by Crippen LogP contribution is 2.58. The molecule has 0 amide bonds. The van der Waals surface area contributed by atoms with Crippen molar-refractivity contribution in [2.45, 2.75) is 49.9 Å². The molecule has 20 nitrogen and oxygen atoms in total. The van der Waals surface area contributed by atoms with Gasteiger partial charge in [-0.25, -0.2) is 24.5 Å². The summed E-state index contributed by atoms with van der Waals surface area (Å²) in [5.74, 6) is -0.595. The molecule has 3 saturated heterocycles.